The van der Waals surface area contributed by atoms with E-state index >= 15 is 0 Å². The number of halogens is 1. The average molecular weight is 485 g/mol. The average Bonchev–Trinajstić information content (AvgIpc) is 3.07. The van der Waals surface area contributed by atoms with Crippen LogP contribution in [0.3, 0.4) is 0 Å². The van der Waals surface area contributed by atoms with E-state index < -0.39 is 5.97 Å². The summed E-state index contributed by atoms with van der Waals surface area (Å²) < 4.78 is 15.5. The molecular weight excluding hydrogens is 460 g/mol. The van der Waals surface area contributed by atoms with Crippen LogP contribution in [0, 0.1) is 0 Å². The second kappa shape index (κ2) is 11.5. The number of carbonyl (C=O) groups excluding carboxylic acids is 3. The molecule has 34 heavy (non-hydrogen) atoms. The van der Waals surface area contributed by atoms with E-state index in [2.05, 4.69) is 5.32 Å². The van der Waals surface area contributed by atoms with Gasteiger partial charge in [-0.05, 0) is 42.8 Å². The second-order valence-corrected chi connectivity index (χ2v) is 7.75. The number of nitrogens with zero attached hydrogens (tertiary/aromatic N) is 1. The van der Waals surface area contributed by atoms with Crippen LogP contribution in [0.1, 0.15) is 12.5 Å². The summed E-state index contributed by atoms with van der Waals surface area (Å²) in [5, 5.41) is 3.12. The zero-order valence-electron chi connectivity index (χ0n) is 19.1. The summed E-state index contributed by atoms with van der Waals surface area (Å²) in [6.45, 7) is 2.15. The van der Waals surface area contributed by atoms with Gasteiger partial charge in [-0.1, -0.05) is 35.9 Å². The van der Waals surface area contributed by atoms with Crippen molar-refractivity contribution in [1.29, 1.82) is 0 Å². The van der Waals surface area contributed by atoms with Crippen LogP contribution in [0.25, 0.3) is 6.08 Å². The van der Waals surface area contributed by atoms with Crippen molar-refractivity contribution in [3.63, 3.8) is 0 Å². The zero-order valence-corrected chi connectivity index (χ0v) is 19.8. The fourth-order valence-electron chi connectivity index (χ4n) is 3.40. The molecule has 0 aliphatic carbocycles. The van der Waals surface area contributed by atoms with Crippen molar-refractivity contribution >= 4 is 41.1 Å². The lowest BCUT2D eigenvalue weighted by Gasteiger charge is -2.16. The molecule has 0 fully saturated rings. The summed E-state index contributed by atoms with van der Waals surface area (Å²) in [5.74, 6) is -0.765. The molecule has 1 heterocycles. The number of hydrogen-bond donors (Lipinski definition) is 1. The highest BCUT2D eigenvalue weighted by Gasteiger charge is 2.36. The largest absolute Gasteiger partial charge is 0.484 e. The van der Waals surface area contributed by atoms with E-state index in [0.717, 1.165) is 0 Å². The molecule has 0 radical (unpaired) electrons. The van der Waals surface area contributed by atoms with Crippen molar-refractivity contribution in [3.05, 3.63) is 76.0 Å². The zero-order chi connectivity index (χ0) is 24.7. The normalized spacial score (nSPS) is 14.5. The third kappa shape index (κ3) is 5.84. The van der Waals surface area contributed by atoms with Crippen LogP contribution in [0.15, 0.2) is 65.4 Å². The van der Waals surface area contributed by atoms with E-state index in [-0.39, 0.29) is 29.6 Å². The first-order chi connectivity index (χ1) is 16.3. The number of para-hydroxylation sites is 1. The lowest BCUT2D eigenvalue weighted by molar-refractivity contribution is -0.136. The van der Waals surface area contributed by atoms with Crippen LogP contribution in [0.4, 0.5) is 5.69 Å². The molecule has 0 saturated heterocycles. The third-order valence-electron chi connectivity index (χ3n) is 5.13. The van der Waals surface area contributed by atoms with Gasteiger partial charge in [-0.2, -0.15) is 0 Å². The van der Waals surface area contributed by atoms with E-state index in [0.29, 0.717) is 40.9 Å². The highest BCUT2D eigenvalue weighted by atomic mass is 35.5. The minimum atomic E-state index is -0.582. The van der Waals surface area contributed by atoms with Gasteiger partial charge >= 0.3 is 5.97 Å². The Bertz CT molecular complexity index is 1140. The van der Waals surface area contributed by atoms with E-state index in [9.17, 15) is 14.4 Å². The molecule has 0 bridgehead atoms. The predicted octanol–water partition coefficient (Wildman–Crippen LogP) is 3.68. The van der Waals surface area contributed by atoms with E-state index in [1.807, 2.05) is 0 Å². The van der Waals surface area contributed by atoms with Gasteiger partial charge in [0.1, 0.15) is 5.75 Å². The second-order valence-electron chi connectivity index (χ2n) is 7.35. The van der Waals surface area contributed by atoms with Crippen LogP contribution in [-0.2, 0) is 23.9 Å². The predicted molar refractivity (Wildman–Crippen MR) is 128 cm³/mol. The molecule has 0 saturated carbocycles. The summed E-state index contributed by atoms with van der Waals surface area (Å²) in [7, 11) is 2.82. The van der Waals surface area contributed by atoms with Gasteiger partial charge in [-0.15, -0.1) is 0 Å². The quantitative estimate of drug-likeness (QED) is 0.431. The highest BCUT2D eigenvalue weighted by molar-refractivity contribution is 6.33. The van der Waals surface area contributed by atoms with Crippen LogP contribution in [0.5, 0.6) is 5.75 Å². The number of ether oxygens (including phenoxy) is 3. The highest BCUT2D eigenvalue weighted by Crippen LogP contribution is 2.31. The molecule has 1 aliphatic rings. The molecule has 1 aliphatic heterocycles. The van der Waals surface area contributed by atoms with Crippen molar-refractivity contribution in [2.75, 3.05) is 39.3 Å². The van der Waals surface area contributed by atoms with Crippen molar-refractivity contribution in [3.8, 4) is 5.75 Å². The summed E-state index contributed by atoms with van der Waals surface area (Å²) in [5.41, 5.74) is 2.17. The summed E-state index contributed by atoms with van der Waals surface area (Å²) in [4.78, 5) is 38.9. The van der Waals surface area contributed by atoms with Gasteiger partial charge in [0.05, 0.1) is 35.6 Å². The Kier molecular flexibility index (Phi) is 8.45. The molecule has 0 aromatic heterocycles. The number of methoxy groups -OCH3 is 2. The first-order valence-corrected chi connectivity index (χ1v) is 10.8. The number of amides is 2. The number of nitrogens with one attached hydrogen (secondary N) is 1. The van der Waals surface area contributed by atoms with Crippen molar-refractivity contribution in [1.82, 2.24) is 4.90 Å². The van der Waals surface area contributed by atoms with Gasteiger partial charge in [0.15, 0.2) is 6.61 Å². The first-order valence-electron chi connectivity index (χ1n) is 10.4. The SMILES string of the molecule is COCCN1C(=O)/C(=C\c2ccc(OCC(=O)Nc3ccccc3Cl)cc2)C(C(=O)OC)=C1C. The van der Waals surface area contributed by atoms with E-state index in [1.54, 1.807) is 68.6 Å². The standard InChI is InChI=1S/C25H25ClN2O6/c1-16-23(25(31)33-3)19(24(30)28(16)12-13-32-2)14-17-8-10-18(11-9-17)34-15-22(29)27-21-7-5-4-6-20(21)26/h4-11,14H,12-13,15H2,1-3H3,(H,27,29)/b19-14-. The Morgan fingerprint density at radius 1 is 1.09 bits per heavy atom. The molecule has 3 rings (SSSR count). The molecule has 0 unspecified atom stereocenters. The Labute approximate surface area is 202 Å². The van der Waals surface area contributed by atoms with Crippen LogP contribution in [-0.4, -0.2) is 56.7 Å². The Morgan fingerprint density at radius 3 is 2.44 bits per heavy atom. The molecule has 2 aromatic carbocycles. The van der Waals surface area contributed by atoms with E-state index in [4.69, 9.17) is 25.8 Å². The molecule has 8 nitrogen and oxygen atoms in total. The molecule has 1 N–H and O–H groups in total. The minimum absolute atomic E-state index is 0.201. The number of allylic oxidation sites excluding steroid dienone is 1. The van der Waals surface area contributed by atoms with Gasteiger partial charge in [0.25, 0.3) is 11.8 Å². The maximum Gasteiger partial charge on any atom is 0.340 e. The van der Waals surface area contributed by atoms with Crippen molar-refractivity contribution in [2.45, 2.75) is 6.92 Å². The van der Waals surface area contributed by atoms with Gasteiger partial charge in [0.2, 0.25) is 0 Å². The third-order valence-corrected chi connectivity index (χ3v) is 5.46. The van der Waals surface area contributed by atoms with Crippen LogP contribution < -0.4 is 10.1 Å². The number of esters is 1. The summed E-state index contributed by atoms with van der Waals surface area (Å²) >= 11 is 6.04. The molecule has 2 amide bonds. The van der Waals surface area contributed by atoms with Gasteiger partial charge in [0, 0.05) is 19.4 Å². The fourth-order valence-corrected chi connectivity index (χ4v) is 3.59. The fraction of sp³-hybridized carbons (Fsp3) is 0.240. The maximum absolute atomic E-state index is 12.9. The number of anilines is 1. The lowest BCUT2D eigenvalue weighted by Crippen LogP contribution is -2.28. The minimum Gasteiger partial charge on any atom is -0.484 e. The van der Waals surface area contributed by atoms with Crippen LogP contribution in [0.2, 0.25) is 5.02 Å². The number of benzene rings is 2. The topological polar surface area (TPSA) is 94.2 Å². The number of hydrogen-bond acceptors (Lipinski definition) is 6. The molecule has 9 heteroatoms. The number of rotatable bonds is 9. The van der Waals surface area contributed by atoms with Gasteiger partial charge < -0.3 is 24.4 Å². The maximum atomic E-state index is 12.9. The van der Waals surface area contributed by atoms with Crippen LogP contribution >= 0.6 is 11.6 Å². The van der Waals surface area contributed by atoms with Gasteiger partial charge in [-0.25, -0.2) is 4.79 Å². The molecule has 2 aromatic rings. The molecular formula is C25H25ClN2O6. The molecule has 0 atom stereocenters. The van der Waals surface area contributed by atoms with Gasteiger partial charge in [-0.3, -0.25) is 9.59 Å². The van der Waals surface area contributed by atoms with Crippen molar-refractivity contribution < 1.29 is 28.6 Å². The Hall–Kier alpha value is -3.62. The Morgan fingerprint density at radius 2 is 1.79 bits per heavy atom. The van der Waals surface area contributed by atoms with Crippen molar-refractivity contribution in [2.24, 2.45) is 0 Å². The summed E-state index contributed by atoms with van der Waals surface area (Å²) in [6, 6.07) is 13.7. The number of carbonyl (C=O) groups is 3. The Balaban J connectivity index is 1.70. The smallest absolute Gasteiger partial charge is 0.340 e. The lowest BCUT2D eigenvalue weighted by atomic mass is 10.0. The monoisotopic (exact) mass is 484 g/mol. The molecule has 178 valence electrons. The summed E-state index contributed by atoms with van der Waals surface area (Å²) in [6.07, 6.45) is 1.62. The first kappa shape index (κ1) is 25.0. The molecule has 0 spiro atoms. The van der Waals surface area contributed by atoms with E-state index in [1.165, 1.54) is 12.0 Å².